The second-order valence-electron chi connectivity index (χ2n) is 4.18. The molecule has 0 spiro atoms. The molecular formula is C15H16N4S. The first kappa shape index (κ1) is 14.1. The van der Waals surface area contributed by atoms with Gasteiger partial charge in [0.15, 0.2) is 5.11 Å². The van der Waals surface area contributed by atoms with Crippen molar-refractivity contribution in [2.45, 2.75) is 6.92 Å². The Morgan fingerprint density at radius 1 is 1.10 bits per heavy atom. The van der Waals surface area contributed by atoms with Gasteiger partial charge in [-0.2, -0.15) is 5.10 Å². The number of nitrogens with one attached hydrogen (secondary N) is 2. The summed E-state index contributed by atoms with van der Waals surface area (Å²) in [5, 5.41) is 7.67. The maximum absolute atomic E-state index is 5.05. The van der Waals surface area contributed by atoms with Gasteiger partial charge in [-0.05, 0) is 31.3 Å². The van der Waals surface area contributed by atoms with Crippen molar-refractivity contribution >= 4 is 23.0 Å². The van der Waals surface area contributed by atoms with Crippen LogP contribution in [0.1, 0.15) is 17.0 Å². The lowest BCUT2D eigenvalue weighted by Gasteiger charge is -2.08. The van der Waals surface area contributed by atoms with Gasteiger partial charge < -0.3 is 5.32 Å². The molecule has 20 heavy (non-hydrogen) atoms. The van der Waals surface area contributed by atoms with Gasteiger partial charge in [0.2, 0.25) is 0 Å². The van der Waals surface area contributed by atoms with Gasteiger partial charge in [0, 0.05) is 18.3 Å². The van der Waals surface area contributed by atoms with Crippen molar-refractivity contribution in [3.05, 3.63) is 65.5 Å². The van der Waals surface area contributed by atoms with E-state index in [2.05, 4.69) is 20.8 Å². The van der Waals surface area contributed by atoms with E-state index in [1.165, 1.54) is 0 Å². The van der Waals surface area contributed by atoms with E-state index >= 15 is 0 Å². The molecule has 0 bridgehead atoms. The summed E-state index contributed by atoms with van der Waals surface area (Å²) < 4.78 is 0. The molecule has 1 aromatic carbocycles. The molecule has 0 aliphatic rings. The number of hydrazone groups is 1. The molecule has 0 saturated carbocycles. The van der Waals surface area contributed by atoms with Gasteiger partial charge in [0.1, 0.15) is 5.71 Å². The van der Waals surface area contributed by atoms with E-state index < -0.39 is 0 Å². The minimum Gasteiger partial charge on any atom is -0.364 e. The average Bonchev–Trinajstić information content (AvgIpc) is 2.48. The molecule has 2 N–H and O–H groups in total. The van der Waals surface area contributed by atoms with Gasteiger partial charge in [0.05, 0.1) is 5.69 Å². The van der Waals surface area contributed by atoms with Gasteiger partial charge in [-0.3, -0.25) is 10.4 Å². The van der Waals surface area contributed by atoms with Crippen LogP contribution in [0.15, 0.2) is 53.6 Å². The van der Waals surface area contributed by atoms with Crippen molar-refractivity contribution in [3.8, 4) is 0 Å². The monoisotopic (exact) mass is 284 g/mol. The summed E-state index contributed by atoms with van der Waals surface area (Å²) >= 11 is 5.05. The maximum atomic E-state index is 5.05. The third kappa shape index (κ3) is 3.61. The lowest BCUT2D eigenvalue weighted by molar-refractivity contribution is 0.972. The molecule has 102 valence electrons. The summed E-state index contributed by atoms with van der Waals surface area (Å²) in [6.07, 6.45) is 0. The Bertz CT molecular complexity index is 623. The number of hydrogen-bond donors (Lipinski definition) is 2. The lowest BCUT2D eigenvalue weighted by Crippen LogP contribution is -2.29. The number of thiocarbonyl (C=S) groups is 1. The Kier molecular flexibility index (Phi) is 4.79. The Morgan fingerprint density at radius 2 is 1.85 bits per heavy atom. The summed E-state index contributed by atoms with van der Waals surface area (Å²) in [4.78, 5) is 4.52. The second kappa shape index (κ2) is 6.77. The molecule has 0 atom stereocenters. The first-order valence-corrected chi connectivity index (χ1v) is 6.66. The van der Waals surface area contributed by atoms with Crippen LogP contribution in [0.4, 0.5) is 0 Å². The number of pyridine rings is 1. The van der Waals surface area contributed by atoms with Crippen LogP contribution in [0.25, 0.3) is 0 Å². The van der Waals surface area contributed by atoms with E-state index in [0.717, 1.165) is 22.7 Å². The lowest BCUT2D eigenvalue weighted by atomic mass is 10.1. The topological polar surface area (TPSA) is 49.3 Å². The quantitative estimate of drug-likeness (QED) is 0.515. The molecule has 2 aromatic rings. The highest BCUT2D eigenvalue weighted by Gasteiger charge is 2.08. The van der Waals surface area contributed by atoms with Crippen LogP contribution >= 0.6 is 12.2 Å². The van der Waals surface area contributed by atoms with Crippen molar-refractivity contribution in [3.63, 3.8) is 0 Å². The van der Waals surface area contributed by atoms with Crippen LogP contribution in [0, 0.1) is 6.92 Å². The van der Waals surface area contributed by atoms with Crippen molar-refractivity contribution < 1.29 is 0 Å². The van der Waals surface area contributed by atoms with Crippen LogP contribution in [0.5, 0.6) is 0 Å². The molecule has 4 nitrogen and oxygen atoms in total. The number of aryl methyl sites for hydroxylation is 1. The van der Waals surface area contributed by atoms with Gasteiger partial charge in [-0.15, -0.1) is 0 Å². The van der Waals surface area contributed by atoms with Crippen LogP contribution in [-0.2, 0) is 0 Å². The fourth-order valence-electron chi connectivity index (χ4n) is 1.70. The first-order chi connectivity index (χ1) is 9.70. The van der Waals surface area contributed by atoms with E-state index in [-0.39, 0.29) is 0 Å². The Labute approximate surface area is 123 Å². The van der Waals surface area contributed by atoms with Crippen LogP contribution in [0.3, 0.4) is 0 Å². The molecule has 0 aliphatic carbocycles. The summed E-state index contributed by atoms with van der Waals surface area (Å²) in [7, 11) is 1.75. The average molecular weight is 284 g/mol. The van der Waals surface area contributed by atoms with E-state index in [1.807, 2.05) is 55.5 Å². The minimum absolute atomic E-state index is 0.464. The Hall–Kier alpha value is -2.27. The molecule has 0 unspecified atom stereocenters. The van der Waals surface area contributed by atoms with Crippen LogP contribution in [0.2, 0.25) is 0 Å². The molecule has 0 fully saturated rings. The van der Waals surface area contributed by atoms with Gasteiger partial charge in [-0.1, -0.05) is 36.4 Å². The predicted molar refractivity (Wildman–Crippen MR) is 85.8 cm³/mol. The van der Waals surface area contributed by atoms with E-state index in [1.54, 1.807) is 7.05 Å². The first-order valence-electron chi connectivity index (χ1n) is 6.25. The Balaban J connectivity index is 2.42. The van der Waals surface area contributed by atoms with Crippen LogP contribution < -0.4 is 10.7 Å². The summed E-state index contributed by atoms with van der Waals surface area (Å²) in [6, 6.07) is 15.7. The fraction of sp³-hybridized carbons (Fsp3) is 0.133. The highest BCUT2D eigenvalue weighted by Crippen LogP contribution is 2.09. The van der Waals surface area contributed by atoms with Crippen molar-refractivity contribution in [2.24, 2.45) is 5.10 Å². The summed E-state index contributed by atoms with van der Waals surface area (Å²) in [5.41, 5.74) is 6.31. The largest absolute Gasteiger partial charge is 0.364 e. The predicted octanol–water partition coefficient (Wildman–Crippen LogP) is 2.24. The smallest absolute Gasteiger partial charge is 0.186 e. The number of aromatic nitrogens is 1. The molecule has 1 heterocycles. The van der Waals surface area contributed by atoms with E-state index in [4.69, 9.17) is 12.2 Å². The molecule has 0 amide bonds. The van der Waals surface area contributed by atoms with Gasteiger partial charge in [-0.25, -0.2) is 0 Å². The summed E-state index contributed by atoms with van der Waals surface area (Å²) in [5.74, 6) is 0. The van der Waals surface area contributed by atoms with Crippen molar-refractivity contribution in [2.75, 3.05) is 7.05 Å². The fourth-order valence-corrected chi connectivity index (χ4v) is 1.75. The number of hydrogen-bond acceptors (Lipinski definition) is 3. The molecular weight excluding hydrogens is 268 g/mol. The standard InChI is InChI=1S/C15H16N4S/c1-11-7-6-10-13(17-11)14(18-19-15(20)16-2)12-8-4-3-5-9-12/h3-10H,1-2H3,(H2,16,19,20)/b18-14-. The number of nitrogens with zero attached hydrogens (tertiary/aromatic N) is 2. The molecule has 2 rings (SSSR count). The highest BCUT2D eigenvalue weighted by molar-refractivity contribution is 7.80. The number of benzene rings is 1. The SMILES string of the molecule is CNC(=S)N/N=C(/c1ccccc1)c1cccc(C)n1. The molecule has 1 aromatic heterocycles. The zero-order valence-electron chi connectivity index (χ0n) is 11.4. The zero-order valence-corrected chi connectivity index (χ0v) is 12.2. The molecule has 0 radical (unpaired) electrons. The maximum Gasteiger partial charge on any atom is 0.186 e. The second-order valence-corrected chi connectivity index (χ2v) is 4.59. The van der Waals surface area contributed by atoms with E-state index in [9.17, 15) is 0 Å². The highest BCUT2D eigenvalue weighted by atomic mass is 32.1. The van der Waals surface area contributed by atoms with Crippen molar-refractivity contribution in [1.82, 2.24) is 15.7 Å². The third-order valence-corrected chi connectivity index (χ3v) is 2.97. The minimum atomic E-state index is 0.464. The Morgan fingerprint density at radius 3 is 2.50 bits per heavy atom. The third-order valence-electron chi connectivity index (χ3n) is 2.67. The van der Waals surface area contributed by atoms with Gasteiger partial charge >= 0.3 is 0 Å². The van der Waals surface area contributed by atoms with Gasteiger partial charge in [0.25, 0.3) is 0 Å². The zero-order chi connectivity index (χ0) is 14.4. The molecule has 0 saturated heterocycles. The summed E-state index contributed by atoms with van der Waals surface area (Å²) in [6.45, 7) is 1.96. The van der Waals surface area contributed by atoms with Crippen LogP contribution in [-0.4, -0.2) is 22.9 Å². The molecule has 0 aliphatic heterocycles. The normalized spacial score (nSPS) is 11.0. The number of rotatable bonds is 3. The molecule has 5 heteroatoms. The van der Waals surface area contributed by atoms with E-state index in [0.29, 0.717) is 5.11 Å². The van der Waals surface area contributed by atoms with Crippen molar-refractivity contribution in [1.29, 1.82) is 0 Å².